The number of cyclic esters (lactones) is 1. The molecule has 268 valence electrons. The molecule has 2 aromatic heterocycles. The van der Waals surface area contributed by atoms with Gasteiger partial charge in [-0.1, -0.05) is 48.6 Å². The third kappa shape index (κ3) is 7.76. The maximum Gasteiger partial charge on any atom is 0.459 e. The minimum atomic E-state index is -4.39. The highest BCUT2D eigenvalue weighted by atomic mass is 31.2. The van der Waals surface area contributed by atoms with Gasteiger partial charge >= 0.3 is 13.7 Å². The smallest absolute Gasteiger partial charge is 0.459 e. The van der Waals surface area contributed by atoms with Crippen molar-refractivity contribution >= 4 is 41.6 Å². The first kappa shape index (κ1) is 35.7. The molecule has 3 unspecified atom stereocenters. The highest BCUT2D eigenvalue weighted by Crippen LogP contribution is 2.48. The van der Waals surface area contributed by atoms with Crippen LogP contribution in [0.1, 0.15) is 32.9 Å². The maximum atomic E-state index is 14.4. The number of fused-ring (bicyclic) bond motifs is 4. The maximum absolute atomic E-state index is 14.4. The van der Waals surface area contributed by atoms with E-state index in [9.17, 15) is 19.6 Å². The third-order valence-electron chi connectivity index (χ3n) is 8.28. The van der Waals surface area contributed by atoms with Crippen LogP contribution in [-0.2, 0) is 28.1 Å². The van der Waals surface area contributed by atoms with Crippen LogP contribution in [0.25, 0.3) is 21.9 Å². The molecule has 0 saturated carbocycles. The average molecular weight is 713 g/mol. The molecule has 0 radical (unpaired) electrons. The molecule has 6 rings (SSSR count). The summed E-state index contributed by atoms with van der Waals surface area (Å²) in [5, 5.41) is 29.9. The highest BCUT2D eigenvalue weighted by Gasteiger charge is 2.54. The van der Waals surface area contributed by atoms with Crippen molar-refractivity contribution in [1.29, 1.82) is 0 Å². The summed E-state index contributed by atoms with van der Waals surface area (Å²) in [5.41, 5.74) is -1.30. The summed E-state index contributed by atoms with van der Waals surface area (Å²) in [6, 6.07) is 11.5. The molecule has 1 fully saturated rings. The zero-order chi connectivity index (χ0) is 35.3. The molecule has 50 heavy (non-hydrogen) atoms. The van der Waals surface area contributed by atoms with Crippen LogP contribution in [0.4, 0.5) is 5.95 Å². The molecule has 17 heteroatoms. The summed E-state index contributed by atoms with van der Waals surface area (Å²) in [6.07, 6.45) is 2.24. The van der Waals surface area contributed by atoms with Crippen molar-refractivity contribution in [3.8, 4) is 11.6 Å². The Morgan fingerprint density at radius 1 is 1.10 bits per heavy atom. The lowest BCUT2D eigenvalue weighted by molar-refractivity contribution is -0.145. The van der Waals surface area contributed by atoms with Crippen LogP contribution in [-0.4, -0.2) is 99.6 Å². The van der Waals surface area contributed by atoms with E-state index in [4.69, 9.17) is 28.0 Å². The Morgan fingerprint density at radius 3 is 2.76 bits per heavy atom. The minimum absolute atomic E-state index is 0.0761. The Hall–Kier alpha value is -4.15. The van der Waals surface area contributed by atoms with Gasteiger partial charge in [-0.05, 0) is 31.7 Å². The molecule has 1 saturated heterocycles. The standard InChI is InChI=1S/C33H41N6O10P/c1-21-30(41)46-18-10-16-44-15-7-4-8-17-45-29-26-28(36-32(34-3)37-29)39(20-35-26)31-33(2,42)27(40)25(48-31)19-47-50(43,38-21)49-24-14-9-12-22-11-5-6-13-23(22)24/h4-7,9,11-14,20-21,25,27,31,40,42H,8,10,15-19H2,1-3H3,(H,38,43)(H,34,36,37)/t21-,25?,27+,31?,33+,50?/m0/s1. The van der Waals surface area contributed by atoms with E-state index in [1.807, 2.05) is 36.4 Å². The van der Waals surface area contributed by atoms with Crippen LogP contribution >= 0.6 is 7.75 Å². The van der Waals surface area contributed by atoms with E-state index in [1.165, 1.54) is 24.7 Å². The molecular formula is C33H41N6O10P. The molecule has 16 nitrogen and oxygen atoms in total. The molecule has 0 amide bonds. The monoisotopic (exact) mass is 712 g/mol. The number of esters is 1. The molecule has 6 atom stereocenters. The first-order valence-corrected chi connectivity index (χ1v) is 17.8. The van der Waals surface area contributed by atoms with Crippen molar-refractivity contribution in [3.05, 3.63) is 60.9 Å². The molecule has 0 spiro atoms. The summed E-state index contributed by atoms with van der Waals surface area (Å²) in [5.74, 6) is 0.0122. The lowest BCUT2D eigenvalue weighted by Crippen LogP contribution is -2.44. The fourth-order valence-electron chi connectivity index (χ4n) is 5.63. The number of ether oxygens (including phenoxy) is 4. The van der Waals surface area contributed by atoms with Crippen LogP contribution in [0.5, 0.6) is 11.6 Å². The average Bonchev–Trinajstić information content (AvgIpc) is 3.62. The van der Waals surface area contributed by atoms with Crippen molar-refractivity contribution in [1.82, 2.24) is 24.6 Å². The number of aliphatic hydroxyl groups excluding tert-OH is 1. The second kappa shape index (κ2) is 15.4. The number of benzene rings is 2. The predicted octanol–water partition coefficient (Wildman–Crippen LogP) is 3.50. The Bertz CT molecular complexity index is 1880. The number of hydrogen-bond acceptors (Lipinski definition) is 14. The minimum Gasteiger partial charge on any atom is -0.476 e. The van der Waals surface area contributed by atoms with Crippen molar-refractivity contribution in [2.24, 2.45) is 0 Å². The Kier molecular flexibility index (Phi) is 11.0. The number of carbonyl (C=O) groups is 1. The highest BCUT2D eigenvalue weighted by molar-refractivity contribution is 7.52. The van der Waals surface area contributed by atoms with E-state index in [2.05, 4.69) is 25.4 Å². The molecule has 4 aromatic rings. The first-order chi connectivity index (χ1) is 24.1. The number of rotatable bonds is 3. The van der Waals surface area contributed by atoms with E-state index in [-0.39, 0.29) is 36.4 Å². The quantitative estimate of drug-likeness (QED) is 0.137. The van der Waals surface area contributed by atoms with Gasteiger partial charge in [0.25, 0.3) is 0 Å². The van der Waals surface area contributed by atoms with E-state index >= 15 is 0 Å². The molecular weight excluding hydrogens is 671 g/mol. The number of imidazole rings is 1. The number of nitrogens with one attached hydrogen (secondary N) is 2. The summed E-state index contributed by atoms with van der Waals surface area (Å²) >= 11 is 0. The van der Waals surface area contributed by atoms with E-state index in [0.29, 0.717) is 37.0 Å². The van der Waals surface area contributed by atoms with Crippen LogP contribution in [0, 0.1) is 0 Å². The van der Waals surface area contributed by atoms with Crippen molar-refractivity contribution < 1.29 is 47.6 Å². The Morgan fingerprint density at radius 2 is 1.92 bits per heavy atom. The van der Waals surface area contributed by atoms with E-state index in [0.717, 1.165) is 5.39 Å². The van der Waals surface area contributed by atoms with Gasteiger partial charge < -0.3 is 39.0 Å². The third-order valence-corrected chi connectivity index (χ3v) is 9.91. The summed E-state index contributed by atoms with van der Waals surface area (Å²) < 4.78 is 50.9. The molecule has 0 aliphatic carbocycles. The SMILES string of the molecule is CNc1nc2c3ncn(c3n1)C1OC(COP(=O)(Oc3cccc4ccccc34)N[C@@H](C)C(=O)OCCCOCC=CCCO2)[C@@H](O)[C@@]1(C)O. The number of aromatic nitrogens is 4. The number of hydrogen-bond donors (Lipinski definition) is 4. The second-order valence-electron chi connectivity index (χ2n) is 12.0. The molecule has 2 aliphatic rings. The summed E-state index contributed by atoms with van der Waals surface area (Å²) in [6.45, 7) is 3.44. The number of nitrogens with zero attached hydrogens (tertiary/aromatic N) is 4. The molecule has 2 aliphatic heterocycles. The largest absolute Gasteiger partial charge is 0.476 e. The first-order valence-electron chi connectivity index (χ1n) is 16.3. The van der Waals surface area contributed by atoms with Crippen molar-refractivity contribution in [2.75, 3.05) is 45.4 Å². The molecule has 6 bridgehead atoms. The van der Waals surface area contributed by atoms with Gasteiger partial charge in [-0.3, -0.25) is 13.9 Å². The van der Waals surface area contributed by atoms with Crippen molar-refractivity contribution in [3.63, 3.8) is 0 Å². The van der Waals surface area contributed by atoms with Gasteiger partial charge in [-0.25, -0.2) is 9.55 Å². The second-order valence-corrected chi connectivity index (χ2v) is 13.7. The van der Waals surface area contributed by atoms with Gasteiger partial charge in [0.15, 0.2) is 17.4 Å². The van der Waals surface area contributed by atoms with Gasteiger partial charge in [0.2, 0.25) is 11.8 Å². The van der Waals surface area contributed by atoms with Crippen molar-refractivity contribution in [2.45, 2.75) is 56.8 Å². The van der Waals surface area contributed by atoms with Crippen LogP contribution in [0.2, 0.25) is 0 Å². The zero-order valence-corrected chi connectivity index (χ0v) is 28.8. The number of aliphatic hydroxyl groups is 2. The van der Waals surface area contributed by atoms with Gasteiger partial charge in [0.05, 0.1) is 39.4 Å². The van der Waals surface area contributed by atoms with E-state index in [1.54, 1.807) is 25.2 Å². The van der Waals surface area contributed by atoms with Gasteiger partial charge in [0.1, 0.15) is 29.6 Å². The predicted molar refractivity (Wildman–Crippen MR) is 182 cm³/mol. The van der Waals surface area contributed by atoms with Crippen LogP contribution in [0.15, 0.2) is 60.9 Å². The summed E-state index contributed by atoms with van der Waals surface area (Å²) in [4.78, 5) is 26.3. The van der Waals surface area contributed by atoms with Gasteiger partial charge in [0, 0.05) is 18.9 Å². The Labute approximate surface area is 288 Å². The fraction of sp³-hybridized carbons (Fsp3) is 0.455. The lowest BCUT2D eigenvalue weighted by atomic mass is 9.96. The number of anilines is 1. The summed E-state index contributed by atoms with van der Waals surface area (Å²) in [7, 11) is -2.74. The van der Waals surface area contributed by atoms with E-state index < -0.39 is 50.4 Å². The molecule has 2 aromatic carbocycles. The molecule has 4 N–H and O–H groups in total. The zero-order valence-electron chi connectivity index (χ0n) is 27.9. The van der Waals surface area contributed by atoms with Crippen LogP contribution in [0.3, 0.4) is 0 Å². The topological polar surface area (TPSA) is 198 Å². The Balaban J connectivity index is 1.32. The van der Waals surface area contributed by atoms with Gasteiger partial charge in [-0.2, -0.15) is 15.1 Å². The van der Waals surface area contributed by atoms with Crippen LogP contribution < -0.4 is 19.7 Å². The molecule has 4 heterocycles. The fourth-order valence-corrected chi connectivity index (χ4v) is 7.15. The normalized spacial score (nSPS) is 28.9. The lowest BCUT2D eigenvalue weighted by Gasteiger charge is -2.27. The van der Waals surface area contributed by atoms with Gasteiger partial charge in [-0.15, -0.1) is 0 Å². The number of carbonyl (C=O) groups excluding carboxylic acids is 1.